The smallest absolute Gasteiger partial charge is 0.273 e. The number of primary amides is 1. The van der Waals surface area contributed by atoms with Crippen molar-refractivity contribution in [1.29, 1.82) is 0 Å². The van der Waals surface area contributed by atoms with E-state index >= 15 is 0 Å². The number of aromatic amines is 1. The third-order valence-corrected chi connectivity index (χ3v) is 6.17. The molecule has 0 spiro atoms. The monoisotopic (exact) mass is 479 g/mol. The maximum Gasteiger partial charge on any atom is 0.273 e. The number of benzene rings is 1. The van der Waals surface area contributed by atoms with E-state index in [1.807, 2.05) is 25.1 Å². The molecule has 3 aromatic heterocycles. The summed E-state index contributed by atoms with van der Waals surface area (Å²) in [5.41, 5.74) is 7.20. The van der Waals surface area contributed by atoms with Crippen molar-refractivity contribution in [3.8, 4) is 0 Å². The van der Waals surface area contributed by atoms with Gasteiger partial charge in [0.1, 0.15) is 23.5 Å². The Bertz CT molecular complexity index is 1410. The predicted octanol–water partition coefficient (Wildman–Crippen LogP) is 2.90. The summed E-state index contributed by atoms with van der Waals surface area (Å²) in [7, 11) is 0. The highest BCUT2D eigenvalue weighted by Crippen LogP contribution is 2.31. The highest BCUT2D eigenvalue weighted by Gasteiger charge is 2.25. The van der Waals surface area contributed by atoms with Crippen molar-refractivity contribution in [2.45, 2.75) is 13.0 Å². The molecule has 1 aliphatic rings. The van der Waals surface area contributed by atoms with Gasteiger partial charge in [0.25, 0.3) is 11.8 Å². The van der Waals surface area contributed by atoms with E-state index in [0.29, 0.717) is 65.0 Å². The van der Waals surface area contributed by atoms with Crippen molar-refractivity contribution in [3.05, 3.63) is 58.8 Å². The minimum atomic E-state index is -0.589. The summed E-state index contributed by atoms with van der Waals surface area (Å²) in [6.45, 7) is 3.85. The lowest BCUT2D eigenvalue weighted by Gasteiger charge is -2.27. The molecule has 4 N–H and O–H groups in total. The molecule has 0 aliphatic carbocycles. The summed E-state index contributed by atoms with van der Waals surface area (Å²) >= 11 is 6.49. The quantitative estimate of drug-likeness (QED) is 0.400. The topological polar surface area (TPSA) is 139 Å². The van der Waals surface area contributed by atoms with Crippen LogP contribution in [-0.2, 0) is 4.74 Å². The zero-order chi connectivity index (χ0) is 23.8. The summed E-state index contributed by atoms with van der Waals surface area (Å²) in [4.78, 5) is 43.1. The number of rotatable bonds is 5. The van der Waals surface area contributed by atoms with Crippen LogP contribution in [0.15, 0.2) is 36.8 Å². The summed E-state index contributed by atoms with van der Waals surface area (Å²) in [5.74, 6) is -0.350. The fourth-order valence-electron chi connectivity index (χ4n) is 4.13. The number of carbonyl (C=O) groups excluding carboxylic acids is 2. The molecule has 0 bridgehead atoms. The minimum Gasteiger partial charge on any atom is -0.378 e. The second-order valence-electron chi connectivity index (χ2n) is 8.02. The van der Waals surface area contributed by atoms with Crippen LogP contribution in [0.4, 0.5) is 5.82 Å². The minimum absolute atomic E-state index is 0.193. The first-order valence-electron chi connectivity index (χ1n) is 10.8. The number of aromatic nitrogens is 4. The summed E-state index contributed by atoms with van der Waals surface area (Å²) in [6, 6.07) is 7.00. The number of halogens is 1. The normalized spacial score (nSPS) is 14.9. The van der Waals surface area contributed by atoms with E-state index in [-0.39, 0.29) is 17.5 Å². The number of nitrogens with zero attached hydrogens (tertiary/aromatic N) is 4. The van der Waals surface area contributed by atoms with E-state index in [1.165, 1.54) is 12.5 Å². The molecular formula is C23H22ClN7O3. The standard InChI is InChI=1S/C23H22ClN7O3/c1-12(29-22-18-14(20(25)32)10-26-21(18)27-11-28-22)16-9-13-3-2-4-15(24)17(13)19(30-16)23(33)31-5-7-34-8-6-31/h2-4,9-12H,5-8H2,1H3,(H2,25,32)(H2,26,27,28,29). The lowest BCUT2D eigenvalue weighted by Crippen LogP contribution is -2.41. The van der Waals surface area contributed by atoms with E-state index in [4.69, 9.17) is 27.1 Å². The van der Waals surface area contributed by atoms with Crippen molar-refractivity contribution in [3.63, 3.8) is 0 Å². The maximum atomic E-state index is 13.4. The van der Waals surface area contributed by atoms with E-state index in [1.54, 1.807) is 11.0 Å². The first-order chi connectivity index (χ1) is 16.4. The SMILES string of the molecule is CC(Nc1ncnc2[nH]cc(C(N)=O)c12)c1cc2cccc(Cl)c2c(C(=O)N2CCOCC2)n1. The van der Waals surface area contributed by atoms with Crippen molar-refractivity contribution >= 4 is 51.0 Å². The molecule has 1 aromatic carbocycles. The lowest BCUT2D eigenvalue weighted by molar-refractivity contribution is 0.0300. The van der Waals surface area contributed by atoms with Crippen LogP contribution in [0.2, 0.25) is 5.02 Å². The molecular weight excluding hydrogens is 458 g/mol. The van der Waals surface area contributed by atoms with E-state index < -0.39 is 5.91 Å². The Morgan fingerprint density at radius 1 is 1.24 bits per heavy atom. The predicted molar refractivity (Wildman–Crippen MR) is 128 cm³/mol. The van der Waals surface area contributed by atoms with Gasteiger partial charge in [-0.3, -0.25) is 9.59 Å². The number of pyridine rings is 1. The number of nitrogens with one attached hydrogen (secondary N) is 2. The second-order valence-corrected chi connectivity index (χ2v) is 8.42. The highest BCUT2D eigenvalue weighted by molar-refractivity contribution is 6.36. The zero-order valence-corrected chi connectivity index (χ0v) is 19.1. The van der Waals surface area contributed by atoms with Crippen molar-refractivity contribution in [2.75, 3.05) is 31.6 Å². The Morgan fingerprint density at radius 3 is 2.79 bits per heavy atom. The molecule has 1 unspecified atom stereocenters. The largest absolute Gasteiger partial charge is 0.378 e. The van der Waals surface area contributed by atoms with Gasteiger partial charge < -0.3 is 25.7 Å². The molecule has 4 aromatic rings. The maximum absolute atomic E-state index is 13.4. The van der Waals surface area contributed by atoms with Gasteiger partial charge >= 0.3 is 0 Å². The molecule has 1 fully saturated rings. The molecule has 11 heteroatoms. The summed E-state index contributed by atoms with van der Waals surface area (Å²) < 4.78 is 5.38. The number of ether oxygens (including phenoxy) is 1. The zero-order valence-electron chi connectivity index (χ0n) is 18.3. The Kier molecular flexibility index (Phi) is 5.76. The van der Waals surface area contributed by atoms with Crippen LogP contribution < -0.4 is 11.1 Å². The third kappa shape index (κ3) is 3.91. The molecule has 1 aliphatic heterocycles. The molecule has 0 radical (unpaired) electrons. The van der Waals surface area contributed by atoms with Gasteiger partial charge in [-0.05, 0) is 24.4 Å². The number of hydrogen-bond donors (Lipinski definition) is 3. The Labute approximate surface area is 199 Å². The van der Waals surface area contributed by atoms with E-state index in [9.17, 15) is 9.59 Å². The number of fused-ring (bicyclic) bond motifs is 2. The lowest BCUT2D eigenvalue weighted by atomic mass is 10.0. The number of H-pyrrole nitrogens is 1. The summed E-state index contributed by atoms with van der Waals surface area (Å²) in [6.07, 6.45) is 2.90. The third-order valence-electron chi connectivity index (χ3n) is 5.86. The molecule has 5 rings (SSSR count). The average molecular weight is 480 g/mol. The summed E-state index contributed by atoms with van der Waals surface area (Å²) in [5, 5.41) is 5.66. The van der Waals surface area contributed by atoms with Gasteiger partial charge in [-0.15, -0.1) is 0 Å². The van der Waals surface area contributed by atoms with Gasteiger partial charge in [0.05, 0.1) is 40.9 Å². The molecule has 0 saturated carbocycles. The van der Waals surface area contributed by atoms with Gasteiger partial charge in [-0.25, -0.2) is 15.0 Å². The fraction of sp³-hybridized carbons (Fsp3) is 0.261. The number of amides is 2. The fourth-order valence-corrected chi connectivity index (χ4v) is 4.40. The van der Waals surface area contributed by atoms with E-state index in [0.717, 1.165) is 5.39 Å². The molecule has 4 heterocycles. The molecule has 2 amide bonds. The van der Waals surface area contributed by atoms with Crippen LogP contribution in [0.1, 0.15) is 39.5 Å². The molecule has 34 heavy (non-hydrogen) atoms. The van der Waals surface area contributed by atoms with Crippen LogP contribution >= 0.6 is 11.6 Å². The van der Waals surface area contributed by atoms with Crippen LogP contribution in [0.5, 0.6) is 0 Å². The van der Waals surface area contributed by atoms with E-state index in [2.05, 4.69) is 20.3 Å². The van der Waals surface area contributed by atoms with Crippen LogP contribution in [0, 0.1) is 0 Å². The van der Waals surface area contributed by atoms with Gasteiger partial charge in [-0.2, -0.15) is 0 Å². The van der Waals surface area contributed by atoms with Crippen LogP contribution in [0.25, 0.3) is 21.8 Å². The molecule has 10 nitrogen and oxygen atoms in total. The van der Waals surface area contributed by atoms with Crippen LogP contribution in [-0.4, -0.2) is 63.0 Å². The first-order valence-corrected chi connectivity index (χ1v) is 11.2. The number of nitrogens with two attached hydrogens (primary N) is 1. The Hall–Kier alpha value is -3.76. The number of anilines is 1. The van der Waals surface area contributed by atoms with Gasteiger partial charge in [0.15, 0.2) is 0 Å². The molecule has 174 valence electrons. The number of hydrogen-bond acceptors (Lipinski definition) is 7. The van der Waals surface area contributed by atoms with Gasteiger partial charge in [0, 0.05) is 24.7 Å². The first kappa shape index (κ1) is 22.1. The van der Waals surface area contributed by atoms with Crippen LogP contribution in [0.3, 0.4) is 0 Å². The Morgan fingerprint density at radius 2 is 2.03 bits per heavy atom. The second kappa shape index (κ2) is 8.88. The van der Waals surface area contributed by atoms with Gasteiger partial charge in [0.2, 0.25) is 0 Å². The number of morpholine rings is 1. The Balaban J connectivity index is 1.57. The molecule has 1 atom stereocenters. The van der Waals surface area contributed by atoms with Crippen molar-refractivity contribution < 1.29 is 14.3 Å². The van der Waals surface area contributed by atoms with Gasteiger partial charge in [-0.1, -0.05) is 23.7 Å². The number of carbonyl (C=O) groups is 2. The molecule has 1 saturated heterocycles. The highest BCUT2D eigenvalue weighted by atomic mass is 35.5. The average Bonchev–Trinajstić information content (AvgIpc) is 3.29. The van der Waals surface area contributed by atoms with Crippen molar-refractivity contribution in [2.24, 2.45) is 5.73 Å². The van der Waals surface area contributed by atoms with Crippen molar-refractivity contribution in [1.82, 2.24) is 24.8 Å².